The number of carbonyl (C=O) groups excluding carboxylic acids is 2. The van der Waals surface area contributed by atoms with E-state index in [1.165, 1.54) is 19.2 Å². The number of ether oxygens (including phenoxy) is 5. The standard InChI is InChI=1S/C39H37N3O9/c1-25(43)50-35-32(24-49-37(34(35)44)42-23-22-33(41-38(42)46)40-36(45)26-10-6-4-7-11-26)51-39(27-12-8-5-9-13-27,28-14-18-30(47-2)19-15-28)29-16-20-31(48-3)21-17-29/h4-23,32,34-35,37,44H,24H2,1-3H3,(H,40,41,45,46)/t32-,34+,35+,37+/m0/s1. The molecular weight excluding hydrogens is 654 g/mol. The van der Waals surface area contributed by atoms with Crippen molar-refractivity contribution < 1.29 is 38.4 Å². The summed E-state index contributed by atoms with van der Waals surface area (Å²) in [4.78, 5) is 42.4. The van der Waals surface area contributed by atoms with Gasteiger partial charge in [-0.1, -0.05) is 72.8 Å². The van der Waals surface area contributed by atoms with Crippen molar-refractivity contribution in [3.05, 3.63) is 154 Å². The molecule has 2 heterocycles. The number of methoxy groups -OCH3 is 2. The van der Waals surface area contributed by atoms with E-state index in [1.807, 2.05) is 78.9 Å². The minimum atomic E-state index is -1.57. The van der Waals surface area contributed by atoms with Crippen LogP contribution >= 0.6 is 0 Å². The summed E-state index contributed by atoms with van der Waals surface area (Å²) >= 11 is 0. The van der Waals surface area contributed by atoms with Crippen molar-refractivity contribution in [1.29, 1.82) is 0 Å². The molecule has 1 aromatic heterocycles. The second-order valence-corrected chi connectivity index (χ2v) is 11.8. The van der Waals surface area contributed by atoms with Gasteiger partial charge in [0.15, 0.2) is 12.3 Å². The Hall–Kier alpha value is -5.82. The van der Waals surface area contributed by atoms with Crippen LogP contribution in [0.1, 0.15) is 40.2 Å². The summed E-state index contributed by atoms with van der Waals surface area (Å²) in [6.07, 6.45) is -3.86. The molecule has 5 aromatic rings. The number of aliphatic hydroxyl groups is 1. The van der Waals surface area contributed by atoms with E-state index >= 15 is 0 Å². The highest BCUT2D eigenvalue weighted by Gasteiger charge is 2.49. The Kier molecular flexibility index (Phi) is 10.6. The maximum atomic E-state index is 13.3. The number of carbonyl (C=O) groups is 2. The summed E-state index contributed by atoms with van der Waals surface area (Å²) in [5, 5.41) is 14.4. The monoisotopic (exact) mass is 691 g/mol. The first kappa shape index (κ1) is 35.0. The first-order valence-corrected chi connectivity index (χ1v) is 16.2. The summed E-state index contributed by atoms with van der Waals surface area (Å²) in [5.41, 5.74) is 0.432. The van der Waals surface area contributed by atoms with Crippen LogP contribution in [0.3, 0.4) is 0 Å². The van der Waals surface area contributed by atoms with Crippen LogP contribution in [0.4, 0.5) is 5.82 Å². The van der Waals surface area contributed by atoms with E-state index in [0.717, 1.165) is 10.1 Å². The zero-order valence-corrected chi connectivity index (χ0v) is 28.2. The zero-order chi connectivity index (χ0) is 36.0. The number of hydrogen-bond donors (Lipinski definition) is 2. The fraction of sp³-hybridized carbons (Fsp3) is 0.231. The highest BCUT2D eigenvalue weighted by atomic mass is 16.6. The Morgan fingerprint density at radius 1 is 0.824 bits per heavy atom. The molecule has 4 atom stereocenters. The number of anilines is 1. The van der Waals surface area contributed by atoms with Gasteiger partial charge in [0.05, 0.1) is 20.8 Å². The Labute approximate surface area is 294 Å². The van der Waals surface area contributed by atoms with E-state index in [1.54, 1.807) is 44.6 Å². The fourth-order valence-corrected chi connectivity index (χ4v) is 6.16. The molecule has 1 aliphatic heterocycles. The maximum absolute atomic E-state index is 13.3. The van der Waals surface area contributed by atoms with Gasteiger partial charge in [-0.15, -0.1) is 0 Å². The number of nitrogens with one attached hydrogen (secondary N) is 1. The lowest BCUT2D eigenvalue weighted by atomic mass is 9.79. The minimum absolute atomic E-state index is 0.0137. The largest absolute Gasteiger partial charge is 0.497 e. The molecule has 0 aliphatic carbocycles. The Morgan fingerprint density at radius 2 is 1.37 bits per heavy atom. The number of aliphatic hydroxyl groups excluding tert-OH is 1. The fourth-order valence-electron chi connectivity index (χ4n) is 6.16. The van der Waals surface area contributed by atoms with Crippen LogP contribution in [0.2, 0.25) is 0 Å². The average Bonchev–Trinajstić information content (AvgIpc) is 3.16. The van der Waals surface area contributed by atoms with Crippen molar-refractivity contribution >= 4 is 17.7 Å². The Balaban J connectivity index is 1.37. The molecule has 262 valence electrons. The first-order chi connectivity index (χ1) is 24.7. The number of rotatable bonds is 11. The number of hydrogen-bond acceptors (Lipinski definition) is 10. The highest BCUT2D eigenvalue weighted by molar-refractivity contribution is 6.03. The van der Waals surface area contributed by atoms with Gasteiger partial charge in [0.2, 0.25) is 0 Å². The lowest BCUT2D eigenvalue weighted by Gasteiger charge is -2.45. The molecule has 1 aliphatic rings. The van der Waals surface area contributed by atoms with Crippen LogP contribution in [0.15, 0.2) is 126 Å². The van der Waals surface area contributed by atoms with E-state index in [0.29, 0.717) is 28.2 Å². The average molecular weight is 692 g/mol. The molecule has 1 amide bonds. The lowest BCUT2D eigenvalue weighted by Crippen LogP contribution is -2.57. The van der Waals surface area contributed by atoms with Gasteiger partial charge < -0.3 is 34.1 Å². The number of benzene rings is 4. The van der Waals surface area contributed by atoms with E-state index in [9.17, 15) is 19.5 Å². The molecule has 1 saturated heterocycles. The van der Waals surface area contributed by atoms with E-state index < -0.39 is 47.7 Å². The predicted octanol–water partition coefficient (Wildman–Crippen LogP) is 4.71. The third-order valence-electron chi connectivity index (χ3n) is 8.61. The number of amides is 1. The Bertz CT molecular complexity index is 1960. The summed E-state index contributed by atoms with van der Waals surface area (Å²) < 4.78 is 30.9. The molecule has 1 fully saturated rings. The second kappa shape index (κ2) is 15.4. The van der Waals surface area contributed by atoms with Gasteiger partial charge in [0, 0.05) is 18.7 Å². The van der Waals surface area contributed by atoms with Gasteiger partial charge in [-0.2, -0.15) is 4.98 Å². The van der Waals surface area contributed by atoms with Gasteiger partial charge >= 0.3 is 11.7 Å². The normalized spacial score (nSPS) is 18.7. The van der Waals surface area contributed by atoms with E-state index in [4.69, 9.17) is 23.7 Å². The third-order valence-corrected chi connectivity index (χ3v) is 8.61. The van der Waals surface area contributed by atoms with E-state index in [2.05, 4.69) is 10.3 Å². The molecule has 0 spiro atoms. The van der Waals surface area contributed by atoms with Gasteiger partial charge in [-0.3, -0.25) is 14.2 Å². The molecular formula is C39H37N3O9. The lowest BCUT2D eigenvalue weighted by molar-refractivity contribution is -0.248. The SMILES string of the molecule is COc1ccc(C(O[C@H]2CO[C@@H](n3ccc(NC(=O)c4ccccc4)nc3=O)[C@H](O)[C@@H]2OC(C)=O)(c2ccccc2)c2ccc(OC)cc2)cc1. The second-order valence-electron chi connectivity index (χ2n) is 11.8. The van der Waals surface area contributed by atoms with Crippen molar-refractivity contribution in [3.63, 3.8) is 0 Å². The summed E-state index contributed by atoms with van der Waals surface area (Å²) in [6.45, 7) is 1.03. The molecule has 12 heteroatoms. The molecule has 4 aromatic carbocycles. The molecule has 0 saturated carbocycles. The van der Waals surface area contributed by atoms with Crippen LogP contribution in [0.25, 0.3) is 0 Å². The smallest absolute Gasteiger partial charge is 0.351 e. The van der Waals surface area contributed by atoms with Gasteiger partial charge in [-0.25, -0.2) is 4.79 Å². The molecule has 6 rings (SSSR count). The predicted molar refractivity (Wildman–Crippen MR) is 187 cm³/mol. The molecule has 0 unspecified atom stereocenters. The van der Waals surface area contributed by atoms with Crippen molar-refractivity contribution in [2.24, 2.45) is 0 Å². The molecule has 2 N–H and O–H groups in total. The van der Waals surface area contributed by atoms with Gasteiger partial charge in [-0.05, 0) is 59.2 Å². The highest BCUT2D eigenvalue weighted by Crippen LogP contribution is 2.44. The number of nitrogens with zero attached hydrogens (tertiary/aromatic N) is 2. The number of esters is 1. The third kappa shape index (κ3) is 7.38. The molecule has 12 nitrogen and oxygen atoms in total. The number of aromatic nitrogens is 2. The van der Waals surface area contributed by atoms with Crippen LogP contribution in [0.5, 0.6) is 11.5 Å². The van der Waals surface area contributed by atoms with Crippen LogP contribution in [0, 0.1) is 0 Å². The Morgan fingerprint density at radius 3 is 1.90 bits per heavy atom. The minimum Gasteiger partial charge on any atom is -0.497 e. The zero-order valence-electron chi connectivity index (χ0n) is 28.2. The molecule has 51 heavy (non-hydrogen) atoms. The van der Waals surface area contributed by atoms with Crippen molar-refractivity contribution in [2.75, 3.05) is 26.1 Å². The molecule has 0 radical (unpaired) electrons. The topological polar surface area (TPSA) is 147 Å². The van der Waals surface area contributed by atoms with Crippen molar-refractivity contribution in [1.82, 2.24) is 9.55 Å². The van der Waals surface area contributed by atoms with Crippen LogP contribution < -0.4 is 20.5 Å². The van der Waals surface area contributed by atoms with Gasteiger partial charge in [0.1, 0.15) is 35.1 Å². The quantitative estimate of drug-likeness (QED) is 0.147. The van der Waals surface area contributed by atoms with Crippen LogP contribution in [-0.4, -0.2) is 65.7 Å². The van der Waals surface area contributed by atoms with Crippen molar-refractivity contribution in [3.8, 4) is 11.5 Å². The summed E-state index contributed by atoms with van der Waals surface area (Å²) in [7, 11) is 3.16. The van der Waals surface area contributed by atoms with Gasteiger partial charge in [0.25, 0.3) is 5.91 Å². The van der Waals surface area contributed by atoms with E-state index in [-0.39, 0.29) is 12.4 Å². The van der Waals surface area contributed by atoms with Crippen molar-refractivity contribution in [2.45, 2.75) is 37.1 Å². The summed E-state index contributed by atoms with van der Waals surface area (Å²) in [6, 6.07) is 34.2. The van der Waals surface area contributed by atoms with Crippen LogP contribution in [-0.2, 0) is 24.6 Å². The summed E-state index contributed by atoms with van der Waals surface area (Å²) in [5.74, 6) is 0.172. The maximum Gasteiger partial charge on any atom is 0.351 e. The first-order valence-electron chi connectivity index (χ1n) is 16.2. The molecule has 0 bridgehead atoms.